The van der Waals surface area contributed by atoms with Crippen molar-refractivity contribution in [2.24, 2.45) is 0 Å². The lowest BCUT2D eigenvalue weighted by Crippen LogP contribution is -2.58. The van der Waals surface area contributed by atoms with Crippen LogP contribution in [0.3, 0.4) is 0 Å². The molecule has 1 aromatic heterocycles. The Morgan fingerprint density at radius 3 is 2.76 bits per heavy atom. The SMILES string of the molecule is CCCNC1CN(c2ccnc(N)n2)C1.Cl.Cl. The highest BCUT2D eigenvalue weighted by atomic mass is 35.5. The lowest BCUT2D eigenvalue weighted by molar-refractivity contribution is 0.418. The van der Waals surface area contributed by atoms with Crippen LogP contribution in [0.1, 0.15) is 13.3 Å². The monoisotopic (exact) mass is 279 g/mol. The molecule has 1 aromatic rings. The molecule has 17 heavy (non-hydrogen) atoms. The van der Waals surface area contributed by atoms with Gasteiger partial charge in [0.05, 0.1) is 0 Å². The fourth-order valence-electron chi connectivity index (χ4n) is 1.68. The quantitative estimate of drug-likeness (QED) is 0.864. The zero-order chi connectivity index (χ0) is 10.7. The number of halogens is 2. The van der Waals surface area contributed by atoms with Gasteiger partial charge in [-0.15, -0.1) is 24.8 Å². The molecule has 0 aliphatic carbocycles. The van der Waals surface area contributed by atoms with Crippen molar-refractivity contribution in [1.82, 2.24) is 15.3 Å². The number of hydrogen-bond acceptors (Lipinski definition) is 5. The predicted octanol–water partition coefficient (Wildman–Crippen LogP) is 1.09. The summed E-state index contributed by atoms with van der Waals surface area (Å²) in [5.74, 6) is 1.27. The summed E-state index contributed by atoms with van der Waals surface area (Å²) in [5, 5.41) is 3.47. The van der Waals surface area contributed by atoms with Crippen LogP contribution in [0.2, 0.25) is 0 Å². The highest BCUT2D eigenvalue weighted by Gasteiger charge is 2.26. The average Bonchev–Trinajstić information content (AvgIpc) is 2.16. The first-order chi connectivity index (χ1) is 7.29. The molecule has 2 heterocycles. The van der Waals surface area contributed by atoms with Crippen LogP contribution < -0.4 is 16.0 Å². The second-order valence-electron chi connectivity index (χ2n) is 3.83. The van der Waals surface area contributed by atoms with E-state index in [-0.39, 0.29) is 24.8 Å². The predicted molar refractivity (Wildman–Crippen MR) is 75.2 cm³/mol. The van der Waals surface area contributed by atoms with Gasteiger partial charge in [-0.25, -0.2) is 4.98 Å². The summed E-state index contributed by atoms with van der Waals surface area (Å²) in [7, 11) is 0. The van der Waals surface area contributed by atoms with Crippen LogP contribution in [0, 0.1) is 0 Å². The Labute approximate surface area is 114 Å². The van der Waals surface area contributed by atoms with Crippen molar-refractivity contribution in [1.29, 1.82) is 0 Å². The first-order valence-electron chi connectivity index (χ1n) is 5.36. The molecule has 0 saturated carbocycles. The Kier molecular flexibility index (Phi) is 7.18. The number of nitrogens with one attached hydrogen (secondary N) is 1. The van der Waals surface area contributed by atoms with Crippen LogP contribution in [0.15, 0.2) is 12.3 Å². The minimum atomic E-state index is 0. The van der Waals surface area contributed by atoms with Crippen LogP contribution in [0.4, 0.5) is 11.8 Å². The van der Waals surface area contributed by atoms with Gasteiger partial charge in [0, 0.05) is 25.3 Å². The average molecular weight is 280 g/mol. The first-order valence-corrected chi connectivity index (χ1v) is 5.36. The van der Waals surface area contributed by atoms with E-state index in [1.165, 1.54) is 6.42 Å². The van der Waals surface area contributed by atoms with Crippen molar-refractivity contribution in [3.63, 3.8) is 0 Å². The van der Waals surface area contributed by atoms with Crippen molar-refractivity contribution in [3.05, 3.63) is 12.3 Å². The van der Waals surface area contributed by atoms with E-state index in [9.17, 15) is 0 Å². The minimum Gasteiger partial charge on any atom is -0.368 e. The molecule has 0 bridgehead atoms. The molecule has 0 atom stereocenters. The number of nitrogens with zero attached hydrogens (tertiary/aromatic N) is 3. The highest BCUT2D eigenvalue weighted by molar-refractivity contribution is 5.85. The molecule has 0 unspecified atom stereocenters. The number of aromatic nitrogens is 2. The number of nitrogens with two attached hydrogens (primary N) is 1. The van der Waals surface area contributed by atoms with Gasteiger partial charge in [-0.05, 0) is 19.0 Å². The van der Waals surface area contributed by atoms with Crippen molar-refractivity contribution < 1.29 is 0 Å². The fraction of sp³-hybridized carbons (Fsp3) is 0.600. The molecule has 98 valence electrons. The van der Waals surface area contributed by atoms with Gasteiger partial charge in [-0.3, -0.25) is 0 Å². The van der Waals surface area contributed by atoms with E-state index in [0.29, 0.717) is 12.0 Å². The maximum Gasteiger partial charge on any atom is 0.221 e. The molecule has 7 heteroatoms. The van der Waals surface area contributed by atoms with Gasteiger partial charge in [-0.1, -0.05) is 6.92 Å². The van der Waals surface area contributed by atoms with E-state index >= 15 is 0 Å². The minimum absolute atomic E-state index is 0. The Hall–Kier alpha value is -0.780. The zero-order valence-electron chi connectivity index (χ0n) is 9.80. The Morgan fingerprint density at radius 1 is 1.47 bits per heavy atom. The molecule has 3 N–H and O–H groups in total. The summed E-state index contributed by atoms with van der Waals surface area (Å²) in [6.07, 6.45) is 2.88. The van der Waals surface area contributed by atoms with E-state index in [4.69, 9.17) is 5.73 Å². The van der Waals surface area contributed by atoms with Crippen LogP contribution in [0.25, 0.3) is 0 Å². The summed E-state index contributed by atoms with van der Waals surface area (Å²) in [6.45, 7) is 5.28. The summed E-state index contributed by atoms with van der Waals surface area (Å²) in [5.41, 5.74) is 5.53. The normalized spacial score (nSPS) is 14.5. The second kappa shape index (κ2) is 7.53. The Bertz CT molecular complexity index is 330. The van der Waals surface area contributed by atoms with Crippen LogP contribution >= 0.6 is 24.8 Å². The molecule has 2 rings (SSSR count). The molecule has 0 spiro atoms. The van der Waals surface area contributed by atoms with E-state index in [2.05, 4.69) is 27.1 Å². The van der Waals surface area contributed by atoms with Crippen LogP contribution in [-0.4, -0.2) is 35.6 Å². The lowest BCUT2D eigenvalue weighted by Gasteiger charge is -2.40. The third-order valence-electron chi connectivity index (χ3n) is 2.55. The van der Waals surface area contributed by atoms with Gasteiger partial charge >= 0.3 is 0 Å². The number of hydrogen-bond donors (Lipinski definition) is 2. The van der Waals surface area contributed by atoms with Gasteiger partial charge in [0.25, 0.3) is 0 Å². The van der Waals surface area contributed by atoms with Crippen molar-refractivity contribution in [3.8, 4) is 0 Å². The number of nitrogen functional groups attached to an aromatic ring is 1. The van der Waals surface area contributed by atoms with E-state index in [1.807, 2.05) is 6.07 Å². The fourth-order valence-corrected chi connectivity index (χ4v) is 1.68. The number of anilines is 2. The van der Waals surface area contributed by atoms with Crippen LogP contribution in [0.5, 0.6) is 0 Å². The summed E-state index contributed by atoms with van der Waals surface area (Å²) in [4.78, 5) is 10.2. The molecule has 0 aromatic carbocycles. The topological polar surface area (TPSA) is 67.1 Å². The maximum absolute atomic E-state index is 5.53. The second-order valence-corrected chi connectivity index (χ2v) is 3.83. The van der Waals surface area contributed by atoms with E-state index in [1.54, 1.807) is 6.20 Å². The highest BCUT2D eigenvalue weighted by Crippen LogP contribution is 2.18. The van der Waals surface area contributed by atoms with Gasteiger partial charge in [0.1, 0.15) is 5.82 Å². The van der Waals surface area contributed by atoms with Gasteiger partial charge < -0.3 is 16.0 Å². The zero-order valence-corrected chi connectivity index (χ0v) is 11.4. The molecular formula is C10H19Cl2N5. The van der Waals surface area contributed by atoms with Gasteiger partial charge in [0.2, 0.25) is 5.95 Å². The Balaban J connectivity index is 0.00000128. The number of rotatable bonds is 4. The molecule has 1 saturated heterocycles. The van der Waals surface area contributed by atoms with E-state index in [0.717, 1.165) is 25.5 Å². The largest absolute Gasteiger partial charge is 0.368 e. The lowest BCUT2D eigenvalue weighted by atomic mass is 10.1. The molecule has 5 nitrogen and oxygen atoms in total. The molecule has 1 aliphatic rings. The molecule has 0 radical (unpaired) electrons. The molecule has 1 fully saturated rings. The van der Waals surface area contributed by atoms with Gasteiger partial charge in [-0.2, -0.15) is 4.98 Å². The molecule has 1 aliphatic heterocycles. The summed E-state index contributed by atoms with van der Waals surface area (Å²) >= 11 is 0. The smallest absolute Gasteiger partial charge is 0.221 e. The maximum atomic E-state index is 5.53. The molecular weight excluding hydrogens is 261 g/mol. The summed E-state index contributed by atoms with van der Waals surface area (Å²) in [6, 6.07) is 2.49. The first kappa shape index (κ1) is 16.2. The van der Waals surface area contributed by atoms with E-state index < -0.39 is 0 Å². The third-order valence-corrected chi connectivity index (χ3v) is 2.55. The summed E-state index contributed by atoms with van der Waals surface area (Å²) < 4.78 is 0. The molecule has 0 amide bonds. The van der Waals surface area contributed by atoms with Crippen molar-refractivity contribution >= 4 is 36.6 Å². The Morgan fingerprint density at radius 2 is 2.18 bits per heavy atom. The standard InChI is InChI=1S/C10H17N5.2ClH/c1-2-4-12-8-6-15(7-8)9-3-5-13-10(11)14-9;;/h3,5,8,12H,2,4,6-7H2,1H3,(H2,11,13,14);2*1H. The van der Waals surface area contributed by atoms with Crippen LogP contribution in [-0.2, 0) is 0 Å². The van der Waals surface area contributed by atoms with Crippen molar-refractivity contribution in [2.75, 3.05) is 30.3 Å². The van der Waals surface area contributed by atoms with Crippen molar-refractivity contribution in [2.45, 2.75) is 19.4 Å². The third kappa shape index (κ3) is 4.18. The van der Waals surface area contributed by atoms with Gasteiger partial charge in [0.15, 0.2) is 0 Å².